The third-order valence-electron chi connectivity index (χ3n) is 3.38. The van der Waals surface area contributed by atoms with Gasteiger partial charge in [-0.2, -0.15) is 0 Å². The summed E-state index contributed by atoms with van der Waals surface area (Å²) in [4.78, 5) is 11.7. The molecular weight excluding hydrogens is 236 g/mol. The second-order valence-corrected chi connectivity index (χ2v) is 5.08. The van der Waals surface area contributed by atoms with Crippen LogP contribution < -0.4 is 5.32 Å². The molecule has 1 amide bonds. The van der Waals surface area contributed by atoms with Crippen molar-refractivity contribution >= 4 is 5.91 Å². The van der Waals surface area contributed by atoms with Crippen molar-refractivity contribution in [2.45, 2.75) is 19.8 Å². The Morgan fingerprint density at radius 2 is 1.79 bits per heavy atom. The Morgan fingerprint density at radius 3 is 2.32 bits per heavy atom. The van der Waals surface area contributed by atoms with Crippen molar-refractivity contribution in [2.75, 3.05) is 7.05 Å². The van der Waals surface area contributed by atoms with E-state index in [1.165, 1.54) is 5.56 Å². The van der Waals surface area contributed by atoms with E-state index < -0.39 is 0 Å². The molecule has 0 spiro atoms. The maximum atomic E-state index is 11.7. The van der Waals surface area contributed by atoms with Crippen LogP contribution in [-0.2, 0) is 7.05 Å². The van der Waals surface area contributed by atoms with Crippen LogP contribution in [0.1, 0.15) is 35.8 Å². The molecule has 0 aliphatic heterocycles. The number of rotatable bonds is 3. The van der Waals surface area contributed by atoms with E-state index in [1.54, 1.807) is 7.05 Å². The van der Waals surface area contributed by atoms with Crippen molar-refractivity contribution in [1.82, 2.24) is 9.88 Å². The van der Waals surface area contributed by atoms with Gasteiger partial charge in [0.15, 0.2) is 0 Å². The Morgan fingerprint density at radius 1 is 1.16 bits per heavy atom. The predicted octanol–water partition coefficient (Wildman–Crippen LogP) is 3.18. The molecule has 3 nitrogen and oxygen atoms in total. The molecular formula is C16H20N2O. The Bertz CT molecular complexity index is 579. The normalized spacial score (nSPS) is 10.8. The smallest absolute Gasteiger partial charge is 0.267 e. The Kier molecular flexibility index (Phi) is 3.74. The average Bonchev–Trinajstić information content (AvgIpc) is 2.80. The van der Waals surface area contributed by atoms with Gasteiger partial charge in [0.1, 0.15) is 5.69 Å². The number of aromatic nitrogens is 1. The molecule has 2 rings (SSSR count). The highest BCUT2D eigenvalue weighted by molar-refractivity contribution is 5.94. The van der Waals surface area contributed by atoms with Crippen molar-refractivity contribution in [3.05, 3.63) is 47.8 Å². The fourth-order valence-electron chi connectivity index (χ4n) is 2.14. The lowest BCUT2D eigenvalue weighted by Gasteiger charge is -2.05. The second kappa shape index (κ2) is 5.31. The lowest BCUT2D eigenvalue weighted by Crippen LogP contribution is -2.20. The summed E-state index contributed by atoms with van der Waals surface area (Å²) >= 11 is 0. The van der Waals surface area contributed by atoms with Crippen LogP contribution in [0.2, 0.25) is 0 Å². The molecule has 0 aliphatic carbocycles. The summed E-state index contributed by atoms with van der Waals surface area (Å²) in [5, 5.41) is 2.65. The number of amides is 1. The molecule has 1 aromatic heterocycles. The summed E-state index contributed by atoms with van der Waals surface area (Å²) in [6, 6.07) is 10.4. The van der Waals surface area contributed by atoms with Gasteiger partial charge in [0.25, 0.3) is 5.91 Å². The van der Waals surface area contributed by atoms with Gasteiger partial charge in [-0.3, -0.25) is 4.79 Å². The van der Waals surface area contributed by atoms with Gasteiger partial charge in [-0.1, -0.05) is 38.1 Å². The molecule has 0 aliphatic rings. The molecule has 3 heteroatoms. The fourth-order valence-corrected chi connectivity index (χ4v) is 2.14. The Hall–Kier alpha value is -2.03. The van der Waals surface area contributed by atoms with Gasteiger partial charge in [0.2, 0.25) is 0 Å². The monoisotopic (exact) mass is 256 g/mol. The number of nitrogens with zero attached hydrogens (tertiary/aromatic N) is 1. The fraction of sp³-hybridized carbons (Fsp3) is 0.312. The van der Waals surface area contributed by atoms with Crippen molar-refractivity contribution in [3.8, 4) is 11.1 Å². The first-order valence-electron chi connectivity index (χ1n) is 6.51. The number of carbonyl (C=O) groups excluding carboxylic acids is 1. The summed E-state index contributed by atoms with van der Waals surface area (Å²) in [5.74, 6) is 0.471. The van der Waals surface area contributed by atoms with Crippen molar-refractivity contribution < 1.29 is 4.79 Å². The number of benzene rings is 1. The molecule has 0 atom stereocenters. The molecule has 19 heavy (non-hydrogen) atoms. The van der Waals surface area contributed by atoms with E-state index in [1.807, 2.05) is 23.9 Å². The standard InChI is InChI=1S/C16H20N2O/c1-11(2)12-5-7-13(8-6-12)14-9-15(16(19)17-3)18(4)10-14/h5-11H,1-4H3,(H,17,19). The summed E-state index contributed by atoms with van der Waals surface area (Å²) in [6.07, 6.45) is 1.98. The highest BCUT2D eigenvalue weighted by Crippen LogP contribution is 2.24. The van der Waals surface area contributed by atoms with Crippen LogP contribution in [0.5, 0.6) is 0 Å². The van der Waals surface area contributed by atoms with Gasteiger partial charge in [0, 0.05) is 25.9 Å². The lowest BCUT2D eigenvalue weighted by atomic mass is 10.00. The molecule has 1 heterocycles. The van der Waals surface area contributed by atoms with Gasteiger partial charge in [-0.05, 0) is 23.1 Å². The zero-order chi connectivity index (χ0) is 14.0. The van der Waals surface area contributed by atoms with Crippen LogP contribution in [0.4, 0.5) is 0 Å². The van der Waals surface area contributed by atoms with Gasteiger partial charge in [-0.15, -0.1) is 0 Å². The van der Waals surface area contributed by atoms with Crippen molar-refractivity contribution in [2.24, 2.45) is 7.05 Å². The van der Waals surface area contributed by atoms with Crippen molar-refractivity contribution in [3.63, 3.8) is 0 Å². The molecule has 1 N–H and O–H groups in total. The summed E-state index contributed by atoms with van der Waals surface area (Å²) in [7, 11) is 3.53. The molecule has 0 fully saturated rings. The third kappa shape index (κ3) is 2.70. The maximum absolute atomic E-state index is 11.7. The Balaban J connectivity index is 2.34. The lowest BCUT2D eigenvalue weighted by molar-refractivity contribution is 0.0955. The van der Waals surface area contributed by atoms with Crippen LogP contribution in [0.15, 0.2) is 36.5 Å². The predicted molar refractivity (Wildman–Crippen MR) is 78.3 cm³/mol. The molecule has 1 aromatic carbocycles. The minimum atomic E-state index is -0.0625. The second-order valence-electron chi connectivity index (χ2n) is 5.08. The van der Waals surface area contributed by atoms with Gasteiger partial charge in [0.05, 0.1) is 0 Å². The first kappa shape index (κ1) is 13.4. The SMILES string of the molecule is CNC(=O)c1cc(-c2ccc(C(C)C)cc2)cn1C. The summed E-state index contributed by atoms with van der Waals surface area (Å²) < 4.78 is 1.85. The van der Waals surface area contributed by atoms with Crippen LogP contribution in [0.25, 0.3) is 11.1 Å². The van der Waals surface area contributed by atoms with Crippen LogP contribution in [0.3, 0.4) is 0 Å². The summed E-state index contributed by atoms with van der Waals surface area (Å²) in [6.45, 7) is 4.36. The quantitative estimate of drug-likeness (QED) is 0.899. The first-order chi connectivity index (χ1) is 9.02. The van der Waals surface area contributed by atoms with Crippen LogP contribution in [0, 0.1) is 0 Å². The topological polar surface area (TPSA) is 34.0 Å². The third-order valence-corrected chi connectivity index (χ3v) is 3.38. The Labute approximate surface area is 114 Å². The van der Waals surface area contributed by atoms with E-state index in [0.717, 1.165) is 11.1 Å². The van der Waals surface area contributed by atoms with Gasteiger partial charge >= 0.3 is 0 Å². The van der Waals surface area contributed by atoms with E-state index in [-0.39, 0.29) is 5.91 Å². The zero-order valence-electron chi connectivity index (χ0n) is 11.9. The molecule has 0 saturated carbocycles. The zero-order valence-corrected chi connectivity index (χ0v) is 11.9. The maximum Gasteiger partial charge on any atom is 0.267 e. The number of carbonyl (C=O) groups is 1. The number of hydrogen-bond acceptors (Lipinski definition) is 1. The van der Waals surface area contributed by atoms with Crippen LogP contribution >= 0.6 is 0 Å². The molecule has 0 saturated heterocycles. The van der Waals surface area contributed by atoms with Crippen LogP contribution in [-0.4, -0.2) is 17.5 Å². The molecule has 0 radical (unpaired) electrons. The number of aryl methyl sites for hydroxylation is 1. The molecule has 0 unspecified atom stereocenters. The van der Waals surface area contributed by atoms with Crippen molar-refractivity contribution in [1.29, 1.82) is 0 Å². The van der Waals surface area contributed by atoms with Gasteiger partial charge in [-0.25, -0.2) is 0 Å². The van der Waals surface area contributed by atoms with E-state index in [9.17, 15) is 4.79 Å². The number of nitrogens with one attached hydrogen (secondary N) is 1. The highest BCUT2D eigenvalue weighted by Gasteiger charge is 2.11. The van der Waals surface area contributed by atoms with E-state index in [0.29, 0.717) is 11.6 Å². The molecule has 0 bridgehead atoms. The minimum Gasteiger partial charge on any atom is -0.354 e. The molecule has 100 valence electrons. The largest absolute Gasteiger partial charge is 0.354 e. The van der Waals surface area contributed by atoms with E-state index in [2.05, 4.69) is 43.4 Å². The highest BCUT2D eigenvalue weighted by atomic mass is 16.1. The number of hydrogen-bond donors (Lipinski definition) is 1. The van der Waals surface area contributed by atoms with E-state index >= 15 is 0 Å². The minimum absolute atomic E-state index is 0.0625. The first-order valence-corrected chi connectivity index (χ1v) is 6.51. The van der Waals surface area contributed by atoms with Gasteiger partial charge < -0.3 is 9.88 Å². The molecule has 2 aromatic rings. The summed E-state index contributed by atoms with van der Waals surface area (Å²) in [5.41, 5.74) is 4.20. The average molecular weight is 256 g/mol. The van der Waals surface area contributed by atoms with E-state index in [4.69, 9.17) is 0 Å².